The zero-order valence-electron chi connectivity index (χ0n) is 7.21. The Hall–Kier alpha value is -0.340. The van der Waals surface area contributed by atoms with Crippen LogP contribution in [0.25, 0.3) is 0 Å². The van der Waals surface area contributed by atoms with E-state index in [1.165, 1.54) is 0 Å². The van der Waals surface area contributed by atoms with Crippen LogP contribution in [0.15, 0.2) is 34.8 Å². The van der Waals surface area contributed by atoms with Crippen LogP contribution >= 0.6 is 15.9 Å². The van der Waals surface area contributed by atoms with E-state index in [4.69, 9.17) is 0 Å². The van der Waals surface area contributed by atoms with Gasteiger partial charge in [-0.05, 0) is 33.3 Å². The van der Waals surface area contributed by atoms with Crippen molar-refractivity contribution in [2.75, 3.05) is 21.1 Å². The highest BCUT2D eigenvalue weighted by atomic mass is 79.9. The molecule has 1 aromatic rings. The second kappa shape index (κ2) is 6.38. The summed E-state index contributed by atoms with van der Waals surface area (Å²) in [6.45, 7) is 0. The molecule has 1 nitrogen and oxygen atoms in total. The molecule has 2 heteroatoms. The van der Waals surface area contributed by atoms with Crippen molar-refractivity contribution in [3.8, 4) is 0 Å². The molecule has 0 radical (unpaired) electrons. The van der Waals surface area contributed by atoms with E-state index in [-0.39, 0.29) is 0 Å². The summed E-state index contributed by atoms with van der Waals surface area (Å²) in [6.07, 6.45) is 0. The standard InChI is InChI=1S/C6H5Br.C3H9N/c7-6-4-2-1-3-5-6;1-4(2)3/h1-5H;1-3H3. The van der Waals surface area contributed by atoms with Crippen LogP contribution in [0.2, 0.25) is 0 Å². The molecule has 1 rings (SSSR count). The van der Waals surface area contributed by atoms with Gasteiger partial charge in [-0.2, -0.15) is 0 Å². The molecule has 1 aromatic carbocycles. The van der Waals surface area contributed by atoms with Crippen molar-refractivity contribution >= 4 is 15.9 Å². The van der Waals surface area contributed by atoms with Gasteiger partial charge in [0.05, 0.1) is 0 Å². The average Bonchev–Trinajstić information content (AvgIpc) is 1.87. The van der Waals surface area contributed by atoms with Gasteiger partial charge in [0.1, 0.15) is 0 Å². The normalized spacial score (nSPS) is 8.82. The molecule has 0 aromatic heterocycles. The largest absolute Gasteiger partial charge is 0.312 e. The minimum absolute atomic E-state index is 1.13. The highest BCUT2D eigenvalue weighted by molar-refractivity contribution is 9.10. The Balaban J connectivity index is 0.000000218. The lowest BCUT2D eigenvalue weighted by Gasteiger charge is -1.90. The number of nitrogens with zero attached hydrogens (tertiary/aromatic N) is 1. The topological polar surface area (TPSA) is 3.24 Å². The van der Waals surface area contributed by atoms with Crippen LogP contribution in [0.3, 0.4) is 0 Å². The van der Waals surface area contributed by atoms with E-state index in [2.05, 4.69) is 15.9 Å². The maximum absolute atomic E-state index is 3.31. The molecule has 0 amide bonds. The second-order valence-corrected chi connectivity index (χ2v) is 3.55. The van der Waals surface area contributed by atoms with E-state index >= 15 is 0 Å². The van der Waals surface area contributed by atoms with Crippen molar-refractivity contribution in [2.45, 2.75) is 0 Å². The number of rotatable bonds is 0. The van der Waals surface area contributed by atoms with Crippen molar-refractivity contribution < 1.29 is 0 Å². The van der Waals surface area contributed by atoms with E-state index in [1.807, 2.05) is 56.4 Å². The lowest BCUT2D eigenvalue weighted by molar-refractivity contribution is 0.505. The predicted molar refractivity (Wildman–Crippen MR) is 53.8 cm³/mol. The monoisotopic (exact) mass is 215 g/mol. The van der Waals surface area contributed by atoms with Gasteiger partial charge in [0.2, 0.25) is 0 Å². The first-order valence-corrected chi connectivity index (χ1v) is 4.23. The van der Waals surface area contributed by atoms with Gasteiger partial charge in [0, 0.05) is 4.47 Å². The van der Waals surface area contributed by atoms with Crippen LogP contribution in [-0.4, -0.2) is 26.0 Å². The summed E-state index contributed by atoms with van der Waals surface area (Å²) in [5.41, 5.74) is 0. The molecule has 0 aliphatic carbocycles. The maximum Gasteiger partial charge on any atom is 0.0175 e. The van der Waals surface area contributed by atoms with Crippen molar-refractivity contribution in [1.29, 1.82) is 0 Å². The lowest BCUT2D eigenvalue weighted by atomic mass is 10.4. The Kier molecular flexibility index (Phi) is 6.18. The zero-order valence-corrected chi connectivity index (χ0v) is 8.80. The van der Waals surface area contributed by atoms with E-state index < -0.39 is 0 Å². The van der Waals surface area contributed by atoms with Crippen molar-refractivity contribution in [3.05, 3.63) is 34.8 Å². The van der Waals surface area contributed by atoms with Crippen LogP contribution in [0.5, 0.6) is 0 Å². The number of hydrogen-bond donors (Lipinski definition) is 0. The SMILES string of the molecule is Brc1ccccc1.CN(C)C. The van der Waals surface area contributed by atoms with Gasteiger partial charge in [-0.1, -0.05) is 34.1 Å². The zero-order chi connectivity index (χ0) is 8.69. The minimum Gasteiger partial charge on any atom is -0.312 e. The van der Waals surface area contributed by atoms with Crippen LogP contribution < -0.4 is 0 Å². The minimum atomic E-state index is 1.13. The van der Waals surface area contributed by atoms with Crippen molar-refractivity contribution in [1.82, 2.24) is 4.90 Å². The summed E-state index contributed by atoms with van der Waals surface area (Å²) in [7, 11) is 6.00. The highest BCUT2D eigenvalue weighted by Crippen LogP contribution is 2.05. The average molecular weight is 216 g/mol. The number of hydrogen-bond acceptors (Lipinski definition) is 1. The molecule has 0 fully saturated rings. The molecule has 0 saturated carbocycles. The van der Waals surface area contributed by atoms with Gasteiger partial charge >= 0.3 is 0 Å². The first-order chi connectivity index (χ1) is 5.13. The fraction of sp³-hybridized carbons (Fsp3) is 0.333. The third kappa shape index (κ3) is 9.66. The molecule has 0 bridgehead atoms. The molecule has 0 heterocycles. The highest BCUT2D eigenvalue weighted by Gasteiger charge is 1.74. The molecule has 62 valence electrons. The lowest BCUT2D eigenvalue weighted by Crippen LogP contribution is -1.99. The summed E-state index contributed by atoms with van der Waals surface area (Å²) in [6, 6.07) is 9.97. The van der Waals surface area contributed by atoms with Gasteiger partial charge < -0.3 is 4.90 Å². The molecule has 0 unspecified atom stereocenters. The number of benzene rings is 1. The van der Waals surface area contributed by atoms with Crippen molar-refractivity contribution in [2.24, 2.45) is 0 Å². The summed E-state index contributed by atoms with van der Waals surface area (Å²) in [5.74, 6) is 0. The summed E-state index contributed by atoms with van der Waals surface area (Å²) >= 11 is 3.31. The number of halogens is 1. The van der Waals surface area contributed by atoms with Gasteiger partial charge in [0.15, 0.2) is 0 Å². The van der Waals surface area contributed by atoms with E-state index in [0.717, 1.165) is 4.47 Å². The summed E-state index contributed by atoms with van der Waals surface area (Å²) in [5, 5.41) is 0. The van der Waals surface area contributed by atoms with Gasteiger partial charge in [-0.25, -0.2) is 0 Å². The molecule has 11 heavy (non-hydrogen) atoms. The molecular weight excluding hydrogens is 202 g/mol. The fourth-order valence-electron chi connectivity index (χ4n) is 0.415. The van der Waals surface area contributed by atoms with Gasteiger partial charge in [-0.15, -0.1) is 0 Å². The van der Waals surface area contributed by atoms with Crippen LogP contribution in [0.1, 0.15) is 0 Å². The fourth-order valence-corrected chi connectivity index (χ4v) is 0.720. The van der Waals surface area contributed by atoms with Gasteiger partial charge in [0.25, 0.3) is 0 Å². The summed E-state index contributed by atoms with van der Waals surface area (Å²) in [4.78, 5) is 2.00. The quantitative estimate of drug-likeness (QED) is 0.644. The first kappa shape index (κ1) is 10.7. The molecule has 0 N–H and O–H groups in total. The van der Waals surface area contributed by atoms with Crippen LogP contribution in [0, 0.1) is 0 Å². The Morgan fingerprint density at radius 3 is 1.55 bits per heavy atom. The molecule has 0 saturated heterocycles. The predicted octanol–water partition coefficient (Wildman–Crippen LogP) is 2.63. The molecule has 0 aliphatic heterocycles. The molecule has 0 spiro atoms. The Morgan fingerprint density at radius 2 is 1.36 bits per heavy atom. The van der Waals surface area contributed by atoms with Crippen LogP contribution in [0.4, 0.5) is 0 Å². The van der Waals surface area contributed by atoms with E-state index in [1.54, 1.807) is 0 Å². The smallest absolute Gasteiger partial charge is 0.0175 e. The van der Waals surface area contributed by atoms with Crippen LogP contribution in [-0.2, 0) is 0 Å². The van der Waals surface area contributed by atoms with Gasteiger partial charge in [-0.3, -0.25) is 0 Å². The third-order valence-corrected chi connectivity index (χ3v) is 1.26. The summed E-state index contributed by atoms with van der Waals surface area (Å²) < 4.78 is 1.13. The first-order valence-electron chi connectivity index (χ1n) is 3.44. The molecule has 0 atom stereocenters. The van der Waals surface area contributed by atoms with E-state index in [0.29, 0.717) is 0 Å². The Morgan fingerprint density at radius 1 is 1.00 bits per heavy atom. The van der Waals surface area contributed by atoms with Crippen molar-refractivity contribution in [3.63, 3.8) is 0 Å². The maximum atomic E-state index is 3.31. The Labute approximate surface area is 77.2 Å². The molecule has 0 aliphatic rings. The second-order valence-electron chi connectivity index (χ2n) is 2.64. The third-order valence-electron chi connectivity index (χ3n) is 0.733. The van der Waals surface area contributed by atoms with E-state index in [9.17, 15) is 0 Å². The Bertz CT molecular complexity index is 169. The molecular formula is C9H14BrN.